The number of hydrogen-bond donors (Lipinski definition) is 0. The van der Waals surface area contributed by atoms with E-state index in [0.717, 1.165) is 19.0 Å². The first-order chi connectivity index (χ1) is 3.27. The first-order valence-electron chi connectivity index (χ1n) is 2.56. The van der Waals surface area contributed by atoms with E-state index >= 15 is 0 Å². The van der Waals surface area contributed by atoms with E-state index in [1.807, 2.05) is 9.24 Å². The molecule has 0 saturated heterocycles. The first kappa shape index (κ1) is 29.3. The fourth-order valence-corrected chi connectivity index (χ4v) is 0.624. The van der Waals surface area contributed by atoms with Crippen molar-refractivity contribution < 1.29 is 103 Å². The van der Waals surface area contributed by atoms with Crippen LogP contribution in [0.2, 0.25) is 0 Å². The Labute approximate surface area is 148 Å². The van der Waals surface area contributed by atoms with Gasteiger partial charge in [-0.15, -0.1) is 0 Å². The molecular formula is C6H15OPY3. The molecule has 0 aromatic carbocycles. The van der Waals surface area contributed by atoms with Crippen LogP contribution >= 0.6 is 9.24 Å². The molecule has 0 spiro atoms. The van der Waals surface area contributed by atoms with Crippen LogP contribution in [0.3, 0.4) is 0 Å². The summed E-state index contributed by atoms with van der Waals surface area (Å²) in [5.41, 5.74) is 0. The molecule has 59 valence electrons. The number of Topliss-reactive ketones (excluding diaryl/α,β-unsaturated/α-hetero) is 1. The van der Waals surface area contributed by atoms with Gasteiger partial charge in [0.2, 0.25) is 0 Å². The number of hydrogen-bond acceptors (Lipinski definition) is 1. The first-order valence-corrected chi connectivity index (χ1v) is 3.56. The fraction of sp³-hybridized carbons (Fsp3) is 0.667. The van der Waals surface area contributed by atoms with Gasteiger partial charge in [-0.25, -0.2) is 0 Å². The van der Waals surface area contributed by atoms with Crippen molar-refractivity contribution in [3.63, 3.8) is 0 Å². The SMILES string of the molecule is CC(=O)CCC[PH3+].[CH3-].[Y].[Y].[Y]. The number of carbonyl (C=O) groups excluding carboxylic acids is 1. The van der Waals surface area contributed by atoms with Gasteiger partial charge in [0.15, 0.2) is 0 Å². The molecule has 0 heterocycles. The minimum absolute atomic E-state index is 0. The third kappa shape index (κ3) is 31.8. The van der Waals surface area contributed by atoms with E-state index in [4.69, 9.17) is 0 Å². The Balaban J connectivity index is -0.0000000300. The normalized spacial score (nSPS) is 5.91. The molecule has 0 aromatic heterocycles. The molecule has 1 atom stereocenters. The monoisotopic (exact) mass is 401 g/mol. The van der Waals surface area contributed by atoms with Crippen molar-refractivity contribution in [1.29, 1.82) is 0 Å². The summed E-state index contributed by atoms with van der Waals surface area (Å²) in [6.07, 6.45) is 2.98. The van der Waals surface area contributed by atoms with Crippen LogP contribution in [0.15, 0.2) is 0 Å². The number of rotatable bonds is 3. The Kier molecular flexibility index (Phi) is 62.1. The average Bonchev–Trinajstić information content (AvgIpc) is 1.61. The third-order valence-electron chi connectivity index (χ3n) is 0.779. The molecule has 0 saturated carbocycles. The molecule has 0 N–H and O–H groups in total. The molecule has 0 amide bonds. The molecule has 1 nitrogen and oxygen atoms in total. The van der Waals surface area contributed by atoms with Gasteiger partial charge < -0.3 is 12.2 Å². The molecule has 0 bridgehead atoms. The van der Waals surface area contributed by atoms with Crippen LogP contribution in [0, 0.1) is 7.43 Å². The quantitative estimate of drug-likeness (QED) is 0.517. The molecule has 3 radical (unpaired) electrons. The van der Waals surface area contributed by atoms with Gasteiger partial charge in [-0.1, -0.05) is 0 Å². The summed E-state index contributed by atoms with van der Waals surface area (Å²) in [6.45, 7) is 1.64. The van der Waals surface area contributed by atoms with Crippen molar-refractivity contribution >= 4 is 15.0 Å². The number of carbonyl (C=O) groups is 1. The van der Waals surface area contributed by atoms with Crippen LogP contribution in [0.1, 0.15) is 19.8 Å². The molecule has 1 unspecified atom stereocenters. The van der Waals surface area contributed by atoms with E-state index in [2.05, 4.69) is 0 Å². The zero-order chi connectivity index (χ0) is 5.70. The maximum Gasteiger partial charge on any atom is 0.129 e. The second-order valence-electron chi connectivity index (χ2n) is 1.66. The maximum absolute atomic E-state index is 10.2. The Hall–Kier alpha value is 3.41. The van der Waals surface area contributed by atoms with Crippen LogP contribution in [-0.4, -0.2) is 11.9 Å². The summed E-state index contributed by atoms with van der Waals surface area (Å²) in [4.78, 5) is 10.2. The summed E-state index contributed by atoms with van der Waals surface area (Å²) >= 11 is 0. The van der Waals surface area contributed by atoms with E-state index in [1.54, 1.807) is 6.92 Å². The second kappa shape index (κ2) is 23.3. The summed E-state index contributed by atoms with van der Waals surface area (Å²) < 4.78 is 0. The number of ketones is 1. The third-order valence-corrected chi connectivity index (χ3v) is 1.28. The molecule has 5 heteroatoms. The van der Waals surface area contributed by atoms with Crippen LogP contribution < -0.4 is 0 Å². The van der Waals surface area contributed by atoms with Crippen molar-refractivity contribution in [2.45, 2.75) is 19.8 Å². The van der Waals surface area contributed by atoms with Crippen molar-refractivity contribution in [3.05, 3.63) is 7.43 Å². The smallest absolute Gasteiger partial charge is 0.129 e. The van der Waals surface area contributed by atoms with Gasteiger partial charge >= 0.3 is 0 Å². The topological polar surface area (TPSA) is 17.1 Å². The predicted octanol–water partition coefficient (Wildman–Crippen LogP) is 1.41. The van der Waals surface area contributed by atoms with Crippen LogP contribution in [0.25, 0.3) is 0 Å². The van der Waals surface area contributed by atoms with Crippen LogP contribution in [-0.2, 0) is 103 Å². The van der Waals surface area contributed by atoms with E-state index in [0.29, 0.717) is 5.78 Å². The average molecular weight is 401 g/mol. The zero-order valence-electron chi connectivity index (χ0n) is 7.47. The Morgan fingerprint density at radius 3 is 1.73 bits per heavy atom. The van der Waals surface area contributed by atoms with E-state index < -0.39 is 0 Å². The fourth-order valence-electron chi connectivity index (χ4n) is 0.374. The molecule has 0 rings (SSSR count). The Bertz CT molecular complexity index is 70.8. The van der Waals surface area contributed by atoms with Crippen LogP contribution in [0.5, 0.6) is 0 Å². The van der Waals surface area contributed by atoms with Gasteiger partial charge in [0, 0.05) is 105 Å². The predicted molar refractivity (Wildman–Crippen MR) is 42.3 cm³/mol. The molecule has 0 aliphatic carbocycles. The van der Waals surface area contributed by atoms with Gasteiger partial charge in [-0.3, -0.25) is 0 Å². The Morgan fingerprint density at radius 2 is 1.64 bits per heavy atom. The van der Waals surface area contributed by atoms with Gasteiger partial charge in [0.25, 0.3) is 0 Å². The minimum atomic E-state index is 0. The Morgan fingerprint density at radius 1 is 1.27 bits per heavy atom. The summed E-state index contributed by atoms with van der Waals surface area (Å²) in [6, 6.07) is 0. The zero-order valence-corrected chi connectivity index (χ0v) is 17.4. The largest absolute Gasteiger partial charge is 0.358 e. The maximum atomic E-state index is 10.2. The second-order valence-corrected chi connectivity index (χ2v) is 2.37. The molecule has 0 aliphatic rings. The van der Waals surface area contributed by atoms with Gasteiger partial charge in [0.05, 0.1) is 6.16 Å². The molecule has 0 aromatic rings. The molecule has 0 aliphatic heterocycles. The van der Waals surface area contributed by atoms with Crippen molar-refractivity contribution in [2.24, 2.45) is 0 Å². The van der Waals surface area contributed by atoms with E-state index in [1.165, 1.54) is 0 Å². The van der Waals surface area contributed by atoms with Crippen molar-refractivity contribution in [1.82, 2.24) is 0 Å². The summed E-state index contributed by atoms with van der Waals surface area (Å²) in [7, 11) is 1.92. The van der Waals surface area contributed by atoms with Crippen LogP contribution in [0.4, 0.5) is 0 Å². The molecule has 11 heavy (non-hydrogen) atoms. The van der Waals surface area contributed by atoms with Gasteiger partial charge in [-0.05, 0) is 22.6 Å². The summed E-state index contributed by atoms with van der Waals surface area (Å²) in [5.74, 6) is 0.312. The molecule has 0 fully saturated rings. The van der Waals surface area contributed by atoms with E-state index in [9.17, 15) is 4.79 Å². The summed E-state index contributed by atoms with van der Waals surface area (Å²) in [5, 5.41) is 0. The van der Waals surface area contributed by atoms with E-state index in [-0.39, 0.29) is 106 Å². The van der Waals surface area contributed by atoms with Gasteiger partial charge in [0.1, 0.15) is 5.78 Å². The van der Waals surface area contributed by atoms with Crippen molar-refractivity contribution in [3.8, 4) is 0 Å². The standard InChI is InChI=1S/C5H11OP.CH3.3Y/c1-5(6)3-2-4-7;;;;/h2-4,7H2,1H3;1H3;;;/q;-1;;;/p+1. The van der Waals surface area contributed by atoms with Crippen molar-refractivity contribution in [2.75, 3.05) is 6.16 Å². The molecular weight excluding hydrogens is 386 g/mol. The minimum Gasteiger partial charge on any atom is -0.358 e. The van der Waals surface area contributed by atoms with Gasteiger partial charge in [-0.2, -0.15) is 0 Å².